The van der Waals surface area contributed by atoms with E-state index >= 15 is 0 Å². The largest absolute Gasteiger partial charge is 0.318 e. The second kappa shape index (κ2) is 3.18. The fourth-order valence-electron chi connectivity index (χ4n) is 1.43. The monoisotopic (exact) mass is 128 g/mol. The van der Waals surface area contributed by atoms with E-state index in [1.807, 2.05) is 0 Å². The first-order valence-corrected chi connectivity index (χ1v) is 3.78. The second-order valence-corrected chi connectivity index (χ2v) is 2.84. The number of rotatable bonds is 1. The first kappa shape index (κ1) is 7.03. The summed E-state index contributed by atoms with van der Waals surface area (Å²) in [7, 11) is 0. The lowest BCUT2D eigenvalue weighted by molar-refractivity contribution is 0.165. The van der Waals surface area contributed by atoms with Gasteiger partial charge in [0, 0.05) is 12.7 Å². The predicted octanol–water partition coefficient (Wildman–Crippen LogP) is 0.777. The van der Waals surface area contributed by atoms with Crippen LogP contribution in [0.2, 0.25) is 0 Å². The molecule has 9 heavy (non-hydrogen) atoms. The summed E-state index contributed by atoms with van der Waals surface area (Å²) in [5, 5.41) is 0. The van der Waals surface area contributed by atoms with Gasteiger partial charge in [0.25, 0.3) is 0 Å². The summed E-state index contributed by atoms with van der Waals surface area (Å²) in [6.07, 6.45) is 4.05. The van der Waals surface area contributed by atoms with Crippen LogP contribution in [0.1, 0.15) is 26.2 Å². The lowest BCUT2D eigenvalue weighted by Crippen LogP contribution is -2.41. The number of likely N-dealkylation sites (tertiary alicyclic amines) is 1. The lowest BCUT2D eigenvalue weighted by atomic mass is 10.0. The van der Waals surface area contributed by atoms with Gasteiger partial charge in [-0.05, 0) is 26.3 Å². The van der Waals surface area contributed by atoms with Gasteiger partial charge in [-0.1, -0.05) is 6.42 Å². The van der Waals surface area contributed by atoms with Crippen LogP contribution in [0.15, 0.2) is 0 Å². The van der Waals surface area contributed by atoms with Gasteiger partial charge in [-0.25, -0.2) is 0 Å². The van der Waals surface area contributed by atoms with Crippen LogP contribution in [0.3, 0.4) is 0 Å². The highest BCUT2D eigenvalue weighted by Gasteiger charge is 2.15. The molecule has 0 aromatic carbocycles. The Balaban J connectivity index is 2.30. The zero-order chi connectivity index (χ0) is 6.69. The van der Waals surface area contributed by atoms with E-state index in [0.717, 1.165) is 12.7 Å². The van der Waals surface area contributed by atoms with Crippen molar-refractivity contribution in [1.29, 1.82) is 0 Å². The van der Waals surface area contributed by atoms with Crippen LogP contribution in [0.25, 0.3) is 0 Å². The van der Waals surface area contributed by atoms with Gasteiger partial charge in [-0.2, -0.15) is 0 Å². The summed E-state index contributed by atoms with van der Waals surface area (Å²) < 4.78 is 0. The Bertz CT molecular complexity index is 83.0. The average Bonchev–Trinajstić information content (AvgIpc) is 1.89. The topological polar surface area (TPSA) is 29.3 Å². The molecule has 0 amide bonds. The minimum atomic E-state index is 0.726. The molecule has 0 bridgehead atoms. The third kappa shape index (κ3) is 1.66. The van der Waals surface area contributed by atoms with Crippen molar-refractivity contribution in [3.63, 3.8) is 0 Å². The highest BCUT2D eigenvalue weighted by molar-refractivity contribution is 4.70. The van der Waals surface area contributed by atoms with Gasteiger partial charge in [0.1, 0.15) is 0 Å². The van der Waals surface area contributed by atoms with Crippen molar-refractivity contribution in [3.8, 4) is 0 Å². The molecule has 0 saturated carbocycles. The number of hydrogen-bond donors (Lipinski definition) is 1. The van der Waals surface area contributed by atoms with Crippen molar-refractivity contribution in [1.82, 2.24) is 4.90 Å². The van der Waals surface area contributed by atoms with Gasteiger partial charge in [-0.3, -0.25) is 4.90 Å². The van der Waals surface area contributed by atoms with Gasteiger partial charge in [-0.15, -0.1) is 0 Å². The van der Waals surface area contributed by atoms with Gasteiger partial charge < -0.3 is 5.73 Å². The maximum Gasteiger partial charge on any atom is 0.0457 e. The van der Waals surface area contributed by atoms with Crippen LogP contribution >= 0.6 is 0 Å². The molecule has 2 heteroatoms. The molecule has 54 valence electrons. The molecule has 1 rings (SSSR count). The van der Waals surface area contributed by atoms with E-state index in [2.05, 4.69) is 11.8 Å². The molecular formula is C7H16N2. The van der Waals surface area contributed by atoms with Crippen molar-refractivity contribution < 1.29 is 0 Å². The lowest BCUT2D eigenvalue weighted by Gasteiger charge is -2.31. The molecule has 1 aliphatic heterocycles. The molecule has 0 spiro atoms. The first-order chi connectivity index (χ1) is 4.34. The normalized spacial score (nSPS) is 30.7. The average molecular weight is 128 g/mol. The van der Waals surface area contributed by atoms with Crippen molar-refractivity contribution in [2.75, 3.05) is 13.2 Å². The van der Waals surface area contributed by atoms with Gasteiger partial charge in [0.05, 0.1) is 0 Å². The Morgan fingerprint density at radius 1 is 1.56 bits per heavy atom. The van der Waals surface area contributed by atoms with Crippen LogP contribution in [-0.4, -0.2) is 24.2 Å². The van der Waals surface area contributed by atoms with Crippen molar-refractivity contribution in [2.24, 2.45) is 5.73 Å². The Morgan fingerprint density at radius 3 is 2.78 bits per heavy atom. The predicted molar refractivity (Wildman–Crippen MR) is 39.1 cm³/mol. The SMILES string of the molecule is CC1CCCCN1CN. The molecule has 0 aromatic rings. The van der Waals surface area contributed by atoms with Gasteiger partial charge in [0.15, 0.2) is 0 Å². The first-order valence-electron chi connectivity index (χ1n) is 3.78. The smallest absolute Gasteiger partial charge is 0.0457 e. The molecule has 2 N–H and O–H groups in total. The maximum absolute atomic E-state index is 5.52. The minimum absolute atomic E-state index is 0.726. The Morgan fingerprint density at radius 2 is 2.33 bits per heavy atom. The second-order valence-electron chi connectivity index (χ2n) is 2.84. The molecule has 1 unspecified atom stereocenters. The van der Waals surface area contributed by atoms with Crippen molar-refractivity contribution >= 4 is 0 Å². The van der Waals surface area contributed by atoms with E-state index in [-0.39, 0.29) is 0 Å². The molecule has 2 nitrogen and oxygen atoms in total. The Labute approximate surface area is 57.0 Å². The molecular weight excluding hydrogens is 112 g/mol. The summed E-state index contributed by atoms with van der Waals surface area (Å²) in [4.78, 5) is 2.34. The standard InChI is InChI=1S/C7H16N2/c1-7-4-2-3-5-9(7)6-8/h7H,2-6,8H2,1H3. The molecule has 1 fully saturated rings. The maximum atomic E-state index is 5.52. The molecule has 1 saturated heterocycles. The molecule has 1 heterocycles. The third-order valence-corrected chi connectivity index (χ3v) is 2.18. The zero-order valence-corrected chi connectivity index (χ0v) is 6.14. The molecule has 0 aliphatic carbocycles. The van der Waals surface area contributed by atoms with E-state index in [1.54, 1.807) is 0 Å². The van der Waals surface area contributed by atoms with Gasteiger partial charge in [0.2, 0.25) is 0 Å². The van der Waals surface area contributed by atoms with E-state index in [1.165, 1.54) is 25.8 Å². The Hall–Kier alpha value is -0.0800. The number of nitrogens with zero attached hydrogens (tertiary/aromatic N) is 1. The van der Waals surface area contributed by atoms with Crippen LogP contribution < -0.4 is 5.73 Å². The van der Waals surface area contributed by atoms with E-state index in [9.17, 15) is 0 Å². The fourth-order valence-corrected chi connectivity index (χ4v) is 1.43. The van der Waals surface area contributed by atoms with Crippen LogP contribution in [0.5, 0.6) is 0 Å². The molecule has 0 radical (unpaired) electrons. The van der Waals surface area contributed by atoms with E-state index in [4.69, 9.17) is 5.73 Å². The summed E-state index contributed by atoms with van der Waals surface area (Å²) >= 11 is 0. The third-order valence-electron chi connectivity index (χ3n) is 2.18. The summed E-state index contributed by atoms with van der Waals surface area (Å²) in [6, 6.07) is 0.726. The van der Waals surface area contributed by atoms with Crippen LogP contribution in [0.4, 0.5) is 0 Å². The molecule has 0 aromatic heterocycles. The van der Waals surface area contributed by atoms with Gasteiger partial charge >= 0.3 is 0 Å². The highest BCUT2D eigenvalue weighted by atomic mass is 15.2. The number of hydrogen-bond acceptors (Lipinski definition) is 2. The van der Waals surface area contributed by atoms with E-state index < -0.39 is 0 Å². The van der Waals surface area contributed by atoms with E-state index in [0.29, 0.717) is 0 Å². The highest BCUT2D eigenvalue weighted by Crippen LogP contribution is 2.14. The summed E-state index contributed by atoms with van der Waals surface area (Å²) in [5.41, 5.74) is 5.52. The summed E-state index contributed by atoms with van der Waals surface area (Å²) in [6.45, 7) is 4.20. The number of piperidine rings is 1. The van der Waals surface area contributed by atoms with Crippen LogP contribution in [0, 0.1) is 0 Å². The Kier molecular flexibility index (Phi) is 2.49. The van der Waals surface area contributed by atoms with Crippen molar-refractivity contribution in [2.45, 2.75) is 32.2 Å². The zero-order valence-electron chi connectivity index (χ0n) is 6.14. The fraction of sp³-hybridized carbons (Fsp3) is 1.00. The summed E-state index contributed by atoms with van der Waals surface area (Å²) in [5.74, 6) is 0. The molecule has 1 atom stereocenters. The minimum Gasteiger partial charge on any atom is -0.318 e. The quantitative estimate of drug-likeness (QED) is 0.565. The van der Waals surface area contributed by atoms with Crippen molar-refractivity contribution in [3.05, 3.63) is 0 Å². The van der Waals surface area contributed by atoms with Crippen LogP contribution in [-0.2, 0) is 0 Å². The number of nitrogens with two attached hydrogens (primary N) is 1. The molecule has 1 aliphatic rings.